The van der Waals surface area contributed by atoms with Gasteiger partial charge in [0.15, 0.2) is 16.3 Å². The number of benzene rings is 3. The van der Waals surface area contributed by atoms with Gasteiger partial charge in [-0.25, -0.2) is 14.2 Å². The highest BCUT2D eigenvalue weighted by Gasteiger charge is 2.33. The van der Waals surface area contributed by atoms with E-state index in [-0.39, 0.29) is 24.6 Å². The van der Waals surface area contributed by atoms with Crippen molar-refractivity contribution in [3.8, 4) is 11.5 Å². The molecule has 0 unspecified atom stereocenters. The third kappa shape index (κ3) is 7.06. The number of carbonyl (C=O) groups excluding carboxylic acids is 1. The van der Waals surface area contributed by atoms with Gasteiger partial charge >= 0.3 is 5.97 Å². The average molecular weight is 741 g/mol. The summed E-state index contributed by atoms with van der Waals surface area (Å²) in [5.41, 5.74) is 4.16. The molecule has 45 heavy (non-hydrogen) atoms. The lowest BCUT2D eigenvalue weighted by molar-refractivity contribution is -0.139. The van der Waals surface area contributed by atoms with Gasteiger partial charge in [0.2, 0.25) is 0 Å². The van der Waals surface area contributed by atoms with E-state index in [4.69, 9.17) is 14.2 Å². The Morgan fingerprint density at radius 3 is 2.42 bits per heavy atom. The van der Waals surface area contributed by atoms with Crippen LogP contribution in [0.1, 0.15) is 68.8 Å². The molecule has 0 bridgehead atoms. The molecular weight excluding hydrogens is 706 g/mol. The average Bonchev–Trinajstić information content (AvgIpc) is 3.30. The zero-order valence-corrected chi connectivity index (χ0v) is 28.7. The van der Waals surface area contributed by atoms with Crippen LogP contribution in [0.2, 0.25) is 0 Å². The number of ether oxygens (including phenoxy) is 3. The molecule has 2 heterocycles. The molecule has 0 radical (unpaired) electrons. The van der Waals surface area contributed by atoms with E-state index in [1.54, 1.807) is 36.6 Å². The first kappa shape index (κ1) is 32.6. The molecule has 0 N–H and O–H groups in total. The Kier molecular flexibility index (Phi) is 10.2. The molecule has 234 valence electrons. The molecule has 1 aliphatic rings. The van der Waals surface area contributed by atoms with Crippen molar-refractivity contribution in [1.82, 2.24) is 4.57 Å². The summed E-state index contributed by atoms with van der Waals surface area (Å²) in [7, 11) is 0. The first-order valence-corrected chi connectivity index (χ1v) is 16.6. The number of rotatable bonds is 10. The van der Waals surface area contributed by atoms with Gasteiger partial charge in [0.25, 0.3) is 5.56 Å². The van der Waals surface area contributed by atoms with Crippen molar-refractivity contribution in [2.24, 2.45) is 4.99 Å². The first-order chi connectivity index (χ1) is 21.6. The van der Waals surface area contributed by atoms with E-state index in [9.17, 15) is 14.0 Å². The van der Waals surface area contributed by atoms with Crippen LogP contribution in [0.4, 0.5) is 4.39 Å². The van der Waals surface area contributed by atoms with Gasteiger partial charge in [-0.3, -0.25) is 9.36 Å². The Morgan fingerprint density at radius 2 is 1.78 bits per heavy atom. The number of carbonyl (C=O) groups is 1. The summed E-state index contributed by atoms with van der Waals surface area (Å²) in [6, 6.07) is 17.2. The van der Waals surface area contributed by atoms with Gasteiger partial charge in [-0.2, -0.15) is 0 Å². The topological polar surface area (TPSA) is 79.1 Å². The SMILES string of the molecule is CCOC(=O)C1=C(C)N=c2s/c(=C/c3cc(I)c(OCc4ccc(F)cc4)c(OCC)c3)c(=O)n2[C@@H]1c1ccc(C(C)C)cc1. The van der Waals surface area contributed by atoms with Gasteiger partial charge in [-0.05, 0) is 102 Å². The number of nitrogens with zero attached hydrogens (tertiary/aromatic N) is 2. The smallest absolute Gasteiger partial charge is 0.338 e. The number of hydrogen-bond donors (Lipinski definition) is 0. The van der Waals surface area contributed by atoms with Crippen LogP contribution in [0.15, 0.2) is 81.7 Å². The van der Waals surface area contributed by atoms with Crippen LogP contribution < -0.4 is 24.4 Å². The maximum Gasteiger partial charge on any atom is 0.338 e. The van der Waals surface area contributed by atoms with Crippen molar-refractivity contribution in [2.75, 3.05) is 13.2 Å². The molecule has 0 spiro atoms. The van der Waals surface area contributed by atoms with Crippen LogP contribution in [-0.4, -0.2) is 23.8 Å². The number of halogens is 2. The van der Waals surface area contributed by atoms with Gasteiger partial charge in [-0.1, -0.05) is 61.6 Å². The molecule has 10 heteroatoms. The van der Waals surface area contributed by atoms with E-state index in [0.717, 1.165) is 25.8 Å². The summed E-state index contributed by atoms with van der Waals surface area (Å²) < 4.78 is 33.6. The molecule has 7 nitrogen and oxygen atoms in total. The third-order valence-electron chi connectivity index (χ3n) is 7.36. The Hall–Kier alpha value is -3.77. The van der Waals surface area contributed by atoms with Gasteiger partial charge in [-0.15, -0.1) is 0 Å². The van der Waals surface area contributed by atoms with Gasteiger partial charge in [0, 0.05) is 0 Å². The van der Waals surface area contributed by atoms with Crippen molar-refractivity contribution in [2.45, 2.75) is 53.2 Å². The second-order valence-corrected chi connectivity index (χ2v) is 13.0. The molecule has 0 saturated heterocycles. The van der Waals surface area contributed by atoms with E-state index in [2.05, 4.69) is 41.4 Å². The summed E-state index contributed by atoms with van der Waals surface area (Å²) in [6.07, 6.45) is 1.81. The molecule has 5 rings (SSSR count). The van der Waals surface area contributed by atoms with E-state index in [0.29, 0.717) is 44.6 Å². The lowest BCUT2D eigenvalue weighted by Gasteiger charge is -2.25. The molecule has 0 saturated carbocycles. The van der Waals surface area contributed by atoms with E-state index < -0.39 is 12.0 Å². The summed E-state index contributed by atoms with van der Waals surface area (Å²) in [4.78, 5) is 32.5. The molecular formula is C35H34FIN2O5S. The van der Waals surface area contributed by atoms with Crippen LogP contribution in [0, 0.1) is 9.39 Å². The van der Waals surface area contributed by atoms with Crippen molar-refractivity contribution in [1.29, 1.82) is 0 Å². The summed E-state index contributed by atoms with van der Waals surface area (Å²) in [5.74, 6) is 0.652. The normalized spacial score (nSPS) is 14.8. The van der Waals surface area contributed by atoms with Crippen LogP contribution >= 0.6 is 33.9 Å². The number of esters is 1. The molecule has 3 aromatic carbocycles. The van der Waals surface area contributed by atoms with E-state index in [1.165, 1.54) is 23.5 Å². The van der Waals surface area contributed by atoms with Crippen LogP contribution in [0.5, 0.6) is 11.5 Å². The van der Waals surface area contributed by atoms with Crippen LogP contribution in [-0.2, 0) is 16.1 Å². The van der Waals surface area contributed by atoms with Gasteiger partial charge in [0.1, 0.15) is 12.4 Å². The number of allylic oxidation sites excluding steroid dienone is 1. The predicted octanol–water partition coefficient (Wildman–Crippen LogP) is 6.64. The minimum atomic E-state index is -0.676. The molecule has 1 aromatic heterocycles. The number of aromatic nitrogens is 1. The van der Waals surface area contributed by atoms with Crippen molar-refractivity contribution >= 4 is 46.0 Å². The molecule has 1 atom stereocenters. The highest BCUT2D eigenvalue weighted by Crippen LogP contribution is 2.35. The molecule has 0 amide bonds. The minimum Gasteiger partial charge on any atom is -0.490 e. The third-order valence-corrected chi connectivity index (χ3v) is 9.15. The Balaban J connectivity index is 1.58. The lowest BCUT2D eigenvalue weighted by Crippen LogP contribution is -2.39. The Bertz CT molecular complexity index is 1930. The second kappa shape index (κ2) is 14.1. The fourth-order valence-electron chi connectivity index (χ4n) is 5.13. The lowest BCUT2D eigenvalue weighted by atomic mass is 9.93. The Morgan fingerprint density at radius 1 is 1.07 bits per heavy atom. The molecule has 4 aromatic rings. The van der Waals surface area contributed by atoms with Crippen molar-refractivity contribution < 1.29 is 23.4 Å². The number of fused-ring (bicyclic) bond motifs is 1. The molecule has 0 fully saturated rings. The van der Waals surface area contributed by atoms with Gasteiger partial charge < -0.3 is 14.2 Å². The monoisotopic (exact) mass is 740 g/mol. The quantitative estimate of drug-likeness (QED) is 0.135. The van der Waals surface area contributed by atoms with Gasteiger partial charge in [0.05, 0.1) is 38.6 Å². The summed E-state index contributed by atoms with van der Waals surface area (Å²) >= 11 is 3.45. The maximum absolute atomic E-state index is 14.1. The predicted molar refractivity (Wildman–Crippen MR) is 182 cm³/mol. The van der Waals surface area contributed by atoms with Crippen LogP contribution in [0.3, 0.4) is 0 Å². The zero-order chi connectivity index (χ0) is 32.2. The fourth-order valence-corrected chi connectivity index (χ4v) is 6.96. The largest absolute Gasteiger partial charge is 0.490 e. The molecule has 0 aliphatic carbocycles. The summed E-state index contributed by atoms with van der Waals surface area (Å²) in [5, 5.41) is 0. The van der Waals surface area contributed by atoms with E-state index >= 15 is 0 Å². The standard InChI is InChI=1S/C35H34FIN2O5S/c1-6-42-28-17-23(16-27(37)32(28)44-19-22-8-14-26(36)15-9-22)18-29-33(40)39-31(25-12-10-24(11-13-25)20(3)4)30(34(41)43-7-2)21(5)38-35(39)45-29/h8-18,20,31H,6-7,19H2,1-5H3/b29-18+/t31-/m1/s1. The number of thiazole rings is 1. The second-order valence-electron chi connectivity index (χ2n) is 10.8. The summed E-state index contributed by atoms with van der Waals surface area (Å²) in [6.45, 7) is 10.5. The zero-order valence-electron chi connectivity index (χ0n) is 25.7. The Labute approximate surface area is 278 Å². The molecule has 1 aliphatic heterocycles. The van der Waals surface area contributed by atoms with Crippen molar-refractivity contribution in [3.63, 3.8) is 0 Å². The number of hydrogen-bond acceptors (Lipinski definition) is 7. The first-order valence-electron chi connectivity index (χ1n) is 14.7. The maximum atomic E-state index is 14.1. The fraction of sp³-hybridized carbons (Fsp3) is 0.286. The van der Waals surface area contributed by atoms with Crippen molar-refractivity contribution in [3.05, 3.63) is 123 Å². The van der Waals surface area contributed by atoms with Crippen LogP contribution in [0.25, 0.3) is 6.08 Å². The van der Waals surface area contributed by atoms with E-state index in [1.807, 2.05) is 43.3 Å². The minimum absolute atomic E-state index is 0.212. The highest BCUT2D eigenvalue weighted by molar-refractivity contribution is 14.1. The highest BCUT2D eigenvalue weighted by atomic mass is 127.